The first kappa shape index (κ1) is 6.48. The van der Waals surface area contributed by atoms with Crippen molar-refractivity contribution >= 4 is 0 Å². The first-order chi connectivity index (χ1) is 5.86. The molecule has 4 nitrogen and oxygen atoms in total. The highest BCUT2D eigenvalue weighted by Gasteiger charge is 2.29. The highest BCUT2D eigenvalue weighted by molar-refractivity contribution is 5.21. The van der Waals surface area contributed by atoms with E-state index in [-0.39, 0.29) is 5.56 Å². The van der Waals surface area contributed by atoms with Gasteiger partial charge >= 0.3 is 0 Å². The molecule has 2 aliphatic rings. The van der Waals surface area contributed by atoms with Gasteiger partial charge in [0.15, 0.2) is 0 Å². The molecule has 0 amide bonds. The van der Waals surface area contributed by atoms with Crippen molar-refractivity contribution in [2.24, 2.45) is 0 Å². The zero-order chi connectivity index (χ0) is 8.13. The summed E-state index contributed by atoms with van der Waals surface area (Å²) in [4.78, 5) is 11.6. The Balaban J connectivity index is 2.17. The summed E-state index contributed by atoms with van der Waals surface area (Å²) in [5.41, 5.74) is 2.23. The van der Waals surface area contributed by atoms with Gasteiger partial charge in [0.1, 0.15) is 0 Å². The SMILES string of the molecule is O=c1c2c([nH]n1C1CC1)CNC2. The average molecular weight is 165 g/mol. The standard InChI is InChI=1S/C8H11N3O/c12-8-6-3-9-4-7(6)10-11(8)5-1-2-5/h5,9-10H,1-4H2. The third-order valence-electron chi connectivity index (χ3n) is 2.61. The topological polar surface area (TPSA) is 49.8 Å². The van der Waals surface area contributed by atoms with Crippen molar-refractivity contribution in [1.82, 2.24) is 15.1 Å². The second-order valence-electron chi connectivity index (χ2n) is 3.58. The smallest absolute Gasteiger partial charge is 0.271 e. The maximum atomic E-state index is 11.6. The average Bonchev–Trinajstić information content (AvgIpc) is 2.71. The molecule has 0 atom stereocenters. The number of H-pyrrole nitrogens is 1. The Labute approximate surface area is 69.6 Å². The molecule has 0 radical (unpaired) electrons. The molecular formula is C8H11N3O. The molecule has 3 rings (SSSR count). The summed E-state index contributed by atoms with van der Waals surface area (Å²) < 4.78 is 1.80. The van der Waals surface area contributed by atoms with Crippen LogP contribution < -0.4 is 10.9 Å². The largest absolute Gasteiger partial charge is 0.307 e. The van der Waals surface area contributed by atoms with E-state index in [9.17, 15) is 4.79 Å². The van der Waals surface area contributed by atoms with Crippen molar-refractivity contribution < 1.29 is 0 Å². The van der Waals surface area contributed by atoms with Gasteiger partial charge < -0.3 is 5.32 Å². The third kappa shape index (κ3) is 0.728. The summed E-state index contributed by atoms with van der Waals surface area (Å²) in [5.74, 6) is 0. The van der Waals surface area contributed by atoms with Gasteiger partial charge in [0.05, 0.1) is 17.3 Å². The van der Waals surface area contributed by atoms with Crippen LogP contribution in [0.4, 0.5) is 0 Å². The fourth-order valence-electron chi connectivity index (χ4n) is 1.77. The van der Waals surface area contributed by atoms with E-state index in [0.29, 0.717) is 6.04 Å². The van der Waals surface area contributed by atoms with Gasteiger partial charge in [0, 0.05) is 13.1 Å². The van der Waals surface area contributed by atoms with Crippen LogP contribution in [0.1, 0.15) is 30.1 Å². The molecule has 1 aromatic rings. The molecule has 0 aromatic carbocycles. The molecule has 64 valence electrons. The number of aromatic amines is 1. The lowest BCUT2D eigenvalue weighted by atomic mass is 10.3. The van der Waals surface area contributed by atoms with Crippen LogP contribution in [-0.2, 0) is 13.1 Å². The Kier molecular flexibility index (Phi) is 1.09. The Bertz CT molecular complexity index is 372. The van der Waals surface area contributed by atoms with Crippen molar-refractivity contribution in [3.63, 3.8) is 0 Å². The molecule has 0 saturated heterocycles. The molecule has 0 bridgehead atoms. The van der Waals surface area contributed by atoms with Crippen molar-refractivity contribution in [3.8, 4) is 0 Å². The van der Waals surface area contributed by atoms with Gasteiger partial charge in [-0.25, -0.2) is 4.68 Å². The van der Waals surface area contributed by atoms with Crippen LogP contribution in [0.5, 0.6) is 0 Å². The minimum atomic E-state index is 0.192. The highest BCUT2D eigenvalue weighted by atomic mass is 16.1. The second kappa shape index (κ2) is 2.01. The maximum Gasteiger partial charge on any atom is 0.271 e. The predicted octanol–water partition coefficient (Wildman–Crippen LogP) is 0.114. The first-order valence-corrected chi connectivity index (χ1v) is 4.39. The summed E-state index contributed by atoms with van der Waals surface area (Å²) in [5, 5.41) is 6.32. The summed E-state index contributed by atoms with van der Waals surface area (Å²) in [6.45, 7) is 1.56. The monoisotopic (exact) mass is 165 g/mol. The summed E-state index contributed by atoms with van der Waals surface area (Å²) >= 11 is 0. The number of rotatable bonds is 1. The van der Waals surface area contributed by atoms with E-state index in [2.05, 4.69) is 10.4 Å². The molecule has 0 unspecified atom stereocenters. The molecule has 12 heavy (non-hydrogen) atoms. The molecule has 2 heterocycles. The summed E-state index contributed by atoms with van der Waals surface area (Å²) in [6, 6.07) is 0.475. The zero-order valence-electron chi connectivity index (χ0n) is 6.76. The summed E-state index contributed by atoms with van der Waals surface area (Å²) in [7, 11) is 0. The Morgan fingerprint density at radius 2 is 2.17 bits per heavy atom. The lowest BCUT2D eigenvalue weighted by Gasteiger charge is -1.97. The quantitative estimate of drug-likeness (QED) is 0.620. The zero-order valence-corrected chi connectivity index (χ0v) is 6.76. The number of nitrogens with one attached hydrogen (secondary N) is 2. The first-order valence-electron chi connectivity index (χ1n) is 4.39. The number of hydrogen-bond acceptors (Lipinski definition) is 2. The van der Waals surface area contributed by atoms with Gasteiger partial charge in [-0.2, -0.15) is 0 Å². The van der Waals surface area contributed by atoms with Gasteiger partial charge in [0.2, 0.25) is 0 Å². The van der Waals surface area contributed by atoms with Crippen molar-refractivity contribution in [2.75, 3.05) is 0 Å². The van der Waals surface area contributed by atoms with Gasteiger partial charge in [-0.15, -0.1) is 0 Å². The minimum Gasteiger partial charge on any atom is -0.307 e. The molecule has 0 spiro atoms. The molecule has 4 heteroatoms. The lowest BCUT2D eigenvalue weighted by molar-refractivity contribution is 0.593. The van der Waals surface area contributed by atoms with E-state index in [1.165, 1.54) is 0 Å². The van der Waals surface area contributed by atoms with Crippen molar-refractivity contribution in [2.45, 2.75) is 32.0 Å². The Hall–Kier alpha value is -1.03. The number of fused-ring (bicyclic) bond motifs is 1. The van der Waals surface area contributed by atoms with Crippen LogP contribution in [0, 0.1) is 0 Å². The van der Waals surface area contributed by atoms with Gasteiger partial charge in [-0.1, -0.05) is 0 Å². The van der Waals surface area contributed by atoms with E-state index in [4.69, 9.17) is 0 Å². The molecule has 1 aliphatic carbocycles. The lowest BCUT2D eigenvalue weighted by Crippen LogP contribution is -2.20. The second-order valence-corrected chi connectivity index (χ2v) is 3.58. The maximum absolute atomic E-state index is 11.6. The minimum absolute atomic E-state index is 0.192. The van der Waals surface area contributed by atoms with Gasteiger partial charge in [-0.3, -0.25) is 9.89 Å². The van der Waals surface area contributed by atoms with Gasteiger partial charge in [-0.05, 0) is 12.8 Å². The van der Waals surface area contributed by atoms with Crippen LogP contribution in [0.25, 0.3) is 0 Å². The van der Waals surface area contributed by atoms with E-state index in [1.54, 1.807) is 4.68 Å². The third-order valence-corrected chi connectivity index (χ3v) is 2.61. The Morgan fingerprint density at radius 1 is 1.33 bits per heavy atom. The number of aromatic nitrogens is 2. The fraction of sp³-hybridized carbons (Fsp3) is 0.625. The molecule has 1 saturated carbocycles. The molecule has 2 N–H and O–H groups in total. The van der Waals surface area contributed by atoms with Crippen molar-refractivity contribution in [1.29, 1.82) is 0 Å². The normalized spacial score (nSPS) is 21.3. The summed E-state index contributed by atoms with van der Waals surface area (Å²) in [6.07, 6.45) is 2.32. The molecular weight excluding hydrogens is 154 g/mol. The van der Waals surface area contributed by atoms with Crippen molar-refractivity contribution in [3.05, 3.63) is 21.6 Å². The van der Waals surface area contributed by atoms with Crippen LogP contribution in [0.2, 0.25) is 0 Å². The fourth-order valence-corrected chi connectivity index (χ4v) is 1.77. The number of nitrogens with zero attached hydrogens (tertiary/aromatic N) is 1. The molecule has 1 aromatic heterocycles. The van der Waals surface area contributed by atoms with Crippen LogP contribution >= 0.6 is 0 Å². The Morgan fingerprint density at radius 3 is 2.83 bits per heavy atom. The van der Waals surface area contributed by atoms with Crippen LogP contribution in [0.15, 0.2) is 4.79 Å². The van der Waals surface area contributed by atoms with Crippen LogP contribution in [-0.4, -0.2) is 9.78 Å². The van der Waals surface area contributed by atoms with Gasteiger partial charge in [0.25, 0.3) is 5.56 Å². The predicted molar refractivity (Wildman–Crippen MR) is 43.9 cm³/mol. The number of hydrogen-bond donors (Lipinski definition) is 2. The van der Waals surface area contributed by atoms with E-state index < -0.39 is 0 Å². The molecule has 1 aliphatic heterocycles. The van der Waals surface area contributed by atoms with E-state index in [1.807, 2.05) is 0 Å². The van der Waals surface area contributed by atoms with E-state index >= 15 is 0 Å². The highest BCUT2D eigenvalue weighted by Crippen LogP contribution is 2.33. The van der Waals surface area contributed by atoms with Crippen LogP contribution in [0.3, 0.4) is 0 Å². The van der Waals surface area contributed by atoms with E-state index in [0.717, 1.165) is 37.2 Å². The molecule has 1 fully saturated rings.